The van der Waals surface area contributed by atoms with E-state index < -0.39 is 0 Å². The molecule has 0 saturated carbocycles. The summed E-state index contributed by atoms with van der Waals surface area (Å²) in [5.74, 6) is 0.914. The molecule has 0 aliphatic carbocycles. The number of carbonyl (C=O) groups is 2. The first-order valence-corrected chi connectivity index (χ1v) is 8.60. The number of piperidine rings is 1. The summed E-state index contributed by atoms with van der Waals surface area (Å²) in [6, 6.07) is 0.210. The highest BCUT2D eigenvalue weighted by Crippen LogP contribution is 2.22. The number of ether oxygens (including phenoxy) is 1. The van der Waals surface area contributed by atoms with E-state index >= 15 is 0 Å². The predicted octanol–water partition coefficient (Wildman–Crippen LogP) is 0.226. The number of hydrogen-bond donors (Lipinski definition) is 1. The summed E-state index contributed by atoms with van der Waals surface area (Å²) >= 11 is 0. The van der Waals surface area contributed by atoms with Crippen molar-refractivity contribution in [2.75, 3.05) is 45.9 Å². The van der Waals surface area contributed by atoms with E-state index in [0.29, 0.717) is 25.4 Å². The largest absolute Gasteiger partial charge is 0.381 e. The second-order valence-corrected chi connectivity index (χ2v) is 6.66. The van der Waals surface area contributed by atoms with E-state index in [4.69, 9.17) is 4.74 Å². The number of likely N-dealkylation sites (tertiary alicyclic amines) is 1. The fraction of sp³-hybridized carbons (Fsp3) is 0.875. The van der Waals surface area contributed by atoms with Gasteiger partial charge in [-0.1, -0.05) is 0 Å². The summed E-state index contributed by atoms with van der Waals surface area (Å²) in [7, 11) is 0. The lowest BCUT2D eigenvalue weighted by Crippen LogP contribution is -2.57. The molecular formula is C16H27N3O3. The molecule has 0 aromatic rings. The van der Waals surface area contributed by atoms with E-state index in [9.17, 15) is 9.59 Å². The van der Waals surface area contributed by atoms with Crippen LogP contribution in [-0.2, 0) is 14.3 Å². The maximum atomic E-state index is 12.5. The van der Waals surface area contributed by atoms with Crippen LogP contribution in [0.3, 0.4) is 0 Å². The molecule has 0 aromatic heterocycles. The minimum absolute atomic E-state index is 0.176. The highest BCUT2D eigenvalue weighted by Gasteiger charge is 2.32. The second kappa shape index (κ2) is 7.42. The van der Waals surface area contributed by atoms with Crippen molar-refractivity contribution in [1.82, 2.24) is 15.1 Å². The molecule has 6 heteroatoms. The van der Waals surface area contributed by atoms with Crippen LogP contribution in [0.15, 0.2) is 0 Å². The van der Waals surface area contributed by atoms with Gasteiger partial charge in [0.15, 0.2) is 0 Å². The molecule has 3 heterocycles. The summed E-state index contributed by atoms with van der Waals surface area (Å²) < 4.78 is 5.36. The number of piperazine rings is 1. The molecule has 0 bridgehead atoms. The Kier molecular flexibility index (Phi) is 5.31. The van der Waals surface area contributed by atoms with Crippen molar-refractivity contribution in [2.45, 2.75) is 38.1 Å². The lowest BCUT2D eigenvalue weighted by atomic mass is 9.95. The fourth-order valence-corrected chi connectivity index (χ4v) is 3.77. The Morgan fingerprint density at radius 3 is 2.82 bits per heavy atom. The Morgan fingerprint density at radius 2 is 2.05 bits per heavy atom. The van der Waals surface area contributed by atoms with E-state index in [1.807, 2.05) is 9.80 Å². The molecule has 1 N–H and O–H groups in total. The lowest BCUT2D eigenvalue weighted by Gasteiger charge is -2.41. The van der Waals surface area contributed by atoms with Crippen molar-refractivity contribution in [3.63, 3.8) is 0 Å². The van der Waals surface area contributed by atoms with Gasteiger partial charge in [0.2, 0.25) is 11.8 Å². The lowest BCUT2D eigenvalue weighted by molar-refractivity contribution is -0.141. The molecule has 3 aliphatic rings. The molecule has 1 atom stereocenters. The Balaban J connectivity index is 1.53. The van der Waals surface area contributed by atoms with Crippen LogP contribution in [0, 0.1) is 5.92 Å². The highest BCUT2D eigenvalue weighted by atomic mass is 16.5. The monoisotopic (exact) mass is 309 g/mol. The highest BCUT2D eigenvalue weighted by molar-refractivity contribution is 5.80. The number of hydrogen-bond acceptors (Lipinski definition) is 4. The first-order chi connectivity index (χ1) is 10.7. The molecule has 3 rings (SSSR count). The number of nitrogens with zero attached hydrogens (tertiary/aromatic N) is 2. The molecule has 2 amide bonds. The van der Waals surface area contributed by atoms with Gasteiger partial charge in [0.1, 0.15) is 0 Å². The first-order valence-electron chi connectivity index (χ1n) is 8.60. The number of nitrogens with one attached hydrogen (secondary N) is 1. The van der Waals surface area contributed by atoms with Gasteiger partial charge in [0, 0.05) is 51.9 Å². The van der Waals surface area contributed by atoms with Gasteiger partial charge < -0.3 is 19.9 Å². The Hall–Kier alpha value is -1.14. The predicted molar refractivity (Wildman–Crippen MR) is 82.3 cm³/mol. The second-order valence-electron chi connectivity index (χ2n) is 6.66. The van der Waals surface area contributed by atoms with Gasteiger partial charge in [0.25, 0.3) is 0 Å². The number of amides is 2. The minimum atomic E-state index is 0.176. The summed E-state index contributed by atoms with van der Waals surface area (Å²) in [5.41, 5.74) is 0. The van der Waals surface area contributed by atoms with E-state index in [1.54, 1.807) is 0 Å². The van der Waals surface area contributed by atoms with Crippen molar-refractivity contribution < 1.29 is 14.3 Å². The van der Waals surface area contributed by atoms with Crippen LogP contribution in [0.1, 0.15) is 32.1 Å². The standard InChI is InChI=1S/C16H27N3O3/c20-15(10-13-3-8-22-9-4-13)18-6-1-2-14(12-18)19-7-5-17-11-16(19)21/h13-14,17H,1-12H2. The van der Waals surface area contributed by atoms with E-state index in [1.165, 1.54) is 0 Å². The average molecular weight is 309 g/mol. The van der Waals surface area contributed by atoms with E-state index in [0.717, 1.165) is 58.5 Å². The van der Waals surface area contributed by atoms with E-state index in [-0.39, 0.29) is 17.9 Å². The Morgan fingerprint density at radius 1 is 1.23 bits per heavy atom. The van der Waals surface area contributed by atoms with Crippen molar-refractivity contribution in [1.29, 1.82) is 0 Å². The van der Waals surface area contributed by atoms with Gasteiger partial charge in [-0.25, -0.2) is 0 Å². The third-order valence-corrected chi connectivity index (χ3v) is 5.12. The summed E-state index contributed by atoms with van der Waals surface area (Å²) in [5, 5.41) is 3.11. The zero-order valence-corrected chi connectivity index (χ0v) is 13.3. The molecule has 6 nitrogen and oxygen atoms in total. The van der Waals surface area contributed by atoms with Crippen molar-refractivity contribution in [2.24, 2.45) is 5.92 Å². The van der Waals surface area contributed by atoms with Gasteiger partial charge in [-0.05, 0) is 31.6 Å². The summed E-state index contributed by atoms with van der Waals surface area (Å²) in [6.07, 6.45) is 4.67. The van der Waals surface area contributed by atoms with Gasteiger partial charge in [-0.2, -0.15) is 0 Å². The molecule has 0 spiro atoms. The Bertz CT molecular complexity index is 409. The topological polar surface area (TPSA) is 61.9 Å². The fourth-order valence-electron chi connectivity index (χ4n) is 3.77. The summed E-state index contributed by atoms with van der Waals surface area (Å²) in [6.45, 7) is 5.20. The molecule has 3 fully saturated rings. The third kappa shape index (κ3) is 3.79. The van der Waals surface area contributed by atoms with Crippen molar-refractivity contribution in [3.05, 3.63) is 0 Å². The number of carbonyl (C=O) groups excluding carboxylic acids is 2. The molecular weight excluding hydrogens is 282 g/mol. The molecule has 0 radical (unpaired) electrons. The molecule has 1 unspecified atom stereocenters. The minimum Gasteiger partial charge on any atom is -0.381 e. The van der Waals surface area contributed by atoms with E-state index in [2.05, 4.69) is 5.32 Å². The Labute approximate surface area is 132 Å². The van der Waals surface area contributed by atoms with Crippen LogP contribution in [0.25, 0.3) is 0 Å². The quantitative estimate of drug-likeness (QED) is 0.810. The third-order valence-electron chi connectivity index (χ3n) is 5.12. The summed E-state index contributed by atoms with van der Waals surface area (Å²) in [4.78, 5) is 28.5. The average Bonchev–Trinajstić information content (AvgIpc) is 2.56. The maximum Gasteiger partial charge on any atom is 0.236 e. The smallest absolute Gasteiger partial charge is 0.236 e. The zero-order valence-electron chi connectivity index (χ0n) is 13.3. The zero-order chi connectivity index (χ0) is 15.4. The SMILES string of the molecule is O=C(CC1CCOCC1)N1CCCC(N2CCNCC2=O)C1. The van der Waals surface area contributed by atoms with Crippen LogP contribution in [-0.4, -0.2) is 73.6 Å². The maximum absolute atomic E-state index is 12.5. The van der Waals surface area contributed by atoms with Crippen LogP contribution in [0.2, 0.25) is 0 Å². The molecule has 3 aliphatic heterocycles. The van der Waals surface area contributed by atoms with Crippen LogP contribution in [0.5, 0.6) is 0 Å². The normalized spacial score (nSPS) is 28.0. The van der Waals surface area contributed by atoms with Crippen LogP contribution in [0.4, 0.5) is 0 Å². The first kappa shape index (κ1) is 15.7. The molecule has 0 aromatic carbocycles. The van der Waals surface area contributed by atoms with Gasteiger partial charge >= 0.3 is 0 Å². The molecule has 3 saturated heterocycles. The van der Waals surface area contributed by atoms with Crippen LogP contribution < -0.4 is 5.32 Å². The van der Waals surface area contributed by atoms with Gasteiger partial charge in [0.05, 0.1) is 6.54 Å². The van der Waals surface area contributed by atoms with Crippen LogP contribution >= 0.6 is 0 Å². The molecule has 22 heavy (non-hydrogen) atoms. The van der Waals surface area contributed by atoms with Gasteiger partial charge in [-0.3, -0.25) is 9.59 Å². The number of rotatable bonds is 3. The molecule has 124 valence electrons. The van der Waals surface area contributed by atoms with Crippen molar-refractivity contribution >= 4 is 11.8 Å². The van der Waals surface area contributed by atoms with Gasteiger partial charge in [-0.15, -0.1) is 0 Å². The van der Waals surface area contributed by atoms with Crippen molar-refractivity contribution in [3.8, 4) is 0 Å².